The van der Waals surface area contributed by atoms with Crippen molar-refractivity contribution in [3.05, 3.63) is 0 Å². The maximum atomic E-state index is 12.3. The molecule has 2 fully saturated rings. The van der Waals surface area contributed by atoms with Gasteiger partial charge in [-0.1, -0.05) is 13.3 Å². The van der Waals surface area contributed by atoms with Gasteiger partial charge in [-0.25, -0.2) is 0 Å². The van der Waals surface area contributed by atoms with Crippen LogP contribution in [0.2, 0.25) is 0 Å². The van der Waals surface area contributed by atoms with Crippen LogP contribution in [-0.4, -0.2) is 36.0 Å². The highest BCUT2D eigenvalue weighted by molar-refractivity contribution is 5.82. The Morgan fingerprint density at radius 3 is 2.88 bits per heavy atom. The van der Waals surface area contributed by atoms with Crippen LogP contribution in [0.3, 0.4) is 0 Å². The van der Waals surface area contributed by atoms with Crippen molar-refractivity contribution in [1.29, 1.82) is 0 Å². The van der Waals surface area contributed by atoms with E-state index in [1.54, 1.807) is 0 Å². The molecule has 2 aliphatic rings. The highest BCUT2D eigenvalue weighted by atomic mass is 16.2. The van der Waals surface area contributed by atoms with Crippen molar-refractivity contribution in [2.45, 2.75) is 64.0 Å². The molecular weight excluding hydrogens is 200 g/mol. The number of amides is 1. The maximum Gasteiger partial charge on any atom is 0.239 e. The molecule has 1 N–H and O–H groups in total. The molecule has 0 bridgehead atoms. The Balaban J connectivity index is 1.95. The molecule has 0 spiro atoms. The van der Waals surface area contributed by atoms with Crippen LogP contribution in [0.4, 0.5) is 0 Å². The van der Waals surface area contributed by atoms with E-state index in [1.807, 2.05) is 0 Å². The zero-order valence-corrected chi connectivity index (χ0v) is 10.4. The average molecular weight is 224 g/mol. The van der Waals surface area contributed by atoms with E-state index in [-0.39, 0.29) is 6.04 Å². The van der Waals surface area contributed by atoms with Gasteiger partial charge in [0.25, 0.3) is 0 Å². The minimum Gasteiger partial charge on any atom is -0.338 e. The molecule has 0 radical (unpaired) electrons. The summed E-state index contributed by atoms with van der Waals surface area (Å²) >= 11 is 0. The van der Waals surface area contributed by atoms with Crippen LogP contribution in [0.25, 0.3) is 0 Å². The maximum absolute atomic E-state index is 12.3. The molecule has 16 heavy (non-hydrogen) atoms. The van der Waals surface area contributed by atoms with Crippen LogP contribution in [0, 0.1) is 0 Å². The SMILES string of the molecule is CCCC1CCCCN1C(=O)[C@@H]1CCCN1. The lowest BCUT2D eigenvalue weighted by Crippen LogP contribution is -2.50. The number of likely N-dealkylation sites (tertiary alicyclic amines) is 1. The van der Waals surface area contributed by atoms with Crippen LogP contribution in [0.15, 0.2) is 0 Å². The standard InChI is InChI=1S/C13H24N2O/c1-2-6-11-7-3-4-10-15(11)13(16)12-8-5-9-14-12/h11-12,14H,2-10H2,1H3/t11?,12-/m0/s1. The molecular formula is C13H24N2O. The van der Waals surface area contributed by atoms with Crippen molar-refractivity contribution in [3.8, 4) is 0 Å². The molecule has 0 aromatic heterocycles. The Morgan fingerprint density at radius 1 is 1.31 bits per heavy atom. The number of carbonyl (C=O) groups is 1. The number of rotatable bonds is 3. The van der Waals surface area contributed by atoms with Gasteiger partial charge in [0.05, 0.1) is 6.04 Å². The Morgan fingerprint density at radius 2 is 2.19 bits per heavy atom. The van der Waals surface area contributed by atoms with Crippen LogP contribution in [0.1, 0.15) is 51.9 Å². The average Bonchev–Trinajstić information content (AvgIpc) is 2.83. The summed E-state index contributed by atoms with van der Waals surface area (Å²) in [5, 5.41) is 3.33. The normalized spacial score (nSPS) is 30.7. The third kappa shape index (κ3) is 2.57. The molecule has 0 aromatic carbocycles. The minimum absolute atomic E-state index is 0.123. The van der Waals surface area contributed by atoms with Crippen molar-refractivity contribution in [2.75, 3.05) is 13.1 Å². The second kappa shape index (κ2) is 5.67. The molecule has 1 unspecified atom stereocenters. The van der Waals surface area contributed by atoms with Crippen LogP contribution in [0.5, 0.6) is 0 Å². The Kier molecular flexibility index (Phi) is 4.22. The van der Waals surface area contributed by atoms with Crippen molar-refractivity contribution in [2.24, 2.45) is 0 Å². The van der Waals surface area contributed by atoms with Gasteiger partial charge in [-0.3, -0.25) is 4.79 Å². The number of hydrogen-bond acceptors (Lipinski definition) is 2. The first-order valence-electron chi connectivity index (χ1n) is 6.86. The second-order valence-electron chi connectivity index (χ2n) is 5.12. The third-order valence-corrected chi connectivity index (χ3v) is 3.89. The first-order valence-corrected chi connectivity index (χ1v) is 6.86. The summed E-state index contributed by atoms with van der Waals surface area (Å²) in [7, 11) is 0. The first-order chi connectivity index (χ1) is 7.83. The van der Waals surface area contributed by atoms with Crippen molar-refractivity contribution in [1.82, 2.24) is 10.2 Å². The van der Waals surface area contributed by atoms with Gasteiger partial charge in [0, 0.05) is 12.6 Å². The fraction of sp³-hybridized carbons (Fsp3) is 0.923. The zero-order chi connectivity index (χ0) is 11.4. The van der Waals surface area contributed by atoms with E-state index >= 15 is 0 Å². The van der Waals surface area contributed by atoms with Crippen molar-refractivity contribution < 1.29 is 4.79 Å². The molecule has 3 nitrogen and oxygen atoms in total. The Hall–Kier alpha value is -0.570. The van der Waals surface area contributed by atoms with Gasteiger partial charge in [-0.15, -0.1) is 0 Å². The predicted molar refractivity (Wildman–Crippen MR) is 65.3 cm³/mol. The molecule has 2 heterocycles. The smallest absolute Gasteiger partial charge is 0.239 e. The number of nitrogens with one attached hydrogen (secondary N) is 1. The second-order valence-corrected chi connectivity index (χ2v) is 5.12. The molecule has 0 aliphatic carbocycles. The third-order valence-electron chi connectivity index (χ3n) is 3.89. The number of piperidine rings is 1. The topological polar surface area (TPSA) is 32.3 Å². The van der Waals surface area contributed by atoms with E-state index in [2.05, 4.69) is 17.1 Å². The van der Waals surface area contributed by atoms with E-state index in [4.69, 9.17) is 0 Å². The van der Waals surface area contributed by atoms with E-state index < -0.39 is 0 Å². The van der Waals surface area contributed by atoms with Gasteiger partial charge in [0.2, 0.25) is 5.91 Å². The van der Waals surface area contributed by atoms with E-state index in [1.165, 1.54) is 32.1 Å². The monoisotopic (exact) mass is 224 g/mol. The van der Waals surface area contributed by atoms with Gasteiger partial charge < -0.3 is 10.2 Å². The van der Waals surface area contributed by atoms with E-state index in [0.717, 1.165) is 25.9 Å². The van der Waals surface area contributed by atoms with Gasteiger partial charge in [-0.05, 0) is 45.1 Å². The summed E-state index contributed by atoms with van der Waals surface area (Å²) in [6.45, 7) is 4.22. The molecule has 2 saturated heterocycles. The number of nitrogens with zero attached hydrogens (tertiary/aromatic N) is 1. The van der Waals surface area contributed by atoms with Gasteiger partial charge in [0.15, 0.2) is 0 Å². The van der Waals surface area contributed by atoms with Crippen LogP contribution >= 0.6 is 0 Å². The summed E-state index contributed by atoms with van der Waals surface area (Å²) in [4.78, 5) is 14.5. The summed E-state index contributed by atoms with van der Waals surface area (Å²) < 4.78 is 0. The largest absolute Gasteiger partial charge is 0.338 e. The Bertz CT molecular complexity index is 234. The molecule has 1 amide bonds. The van der Waals surface area contributed by atoms with Crippen molar-refractivity contribution in [3.63, 3.8) is 0 Å². The minimum atomic E-state index is 0.123. The number of hydrogen-bond donors (Lipinski definition) is 1. The first kappa shape index (κ1) is 11.9. The highest BCUT2D eigenvalue weighted by Crippen LogP contribution is 2.23. The lowest BCUT2D eigenvalue weighted by Gasteiger charge is -2.37. The van der Waals surface area contributed by atoms with E-state index in [9.17, 15) is 4.79 Å². The molecule has 2 rings (SSSR count). The summed E-state index contributed by atoms with van der Waals surface area (Å²) in [6.07, 6.45) is 8.26. The highest BCUT2D eigenvalue weighted by Gasteiger charge is 2.32. The van der Waals surface area contributed by atoms with Crippen molar-refractivity contribution >= 4 is 5.91 Å². The summed E-state index contributed by atoms with van der Waals surface area (Å²) in [5.41, 5.74) is 0. The van der Waals surface area contributed by atoms with Crippen LogP contribution in [-0.2, 0) is 4.79 Å². The van der Waals surface area contributed by atoms with Gasteiger partial charge in [0.1, 0.15) is 0 Å². The number of carbonyl (C=O) groups excluding carboxylic acids is 1. The molecule has 92 valence electrons. The van der Waals surface area contributed by atoms with Crippen LogP contribution < -0.4 is 5.32 Å². The fourth-order valence-corrected chi connectivity index (χ4v) is 3.02. The van der Waals surface area contributed by atoms with Gasteiger partial charge >= 0.3 is 0 Å². The predicted octanol–water partition coefficient (Wildman–Crippen LogP) is 1.92. The molecule has 3 heteroatoms. The van der Waals surface area contributed by atoms with Gasteiger partial charge in [-0.2, -0.15) is 0 Å². The fourth-order valence-electron chi connectivity index (χ4n) is 3.02. The quantitative estimate of drug-likeness (QED) is 0.794. The molecule has 2 aliphatic heterocycles. The lowest BCUT2D eigenvalue weighted by molar-refractivity contribution is -0.136. The lowest BCUT2D eigenvalue weighted by atomic mass is 9.97. The molecule has 0 saturated carbocycles. The summed E-state index contributed by atoms with van der Waals surface area (Å²) in [5.74, 6) is 0.371. The molecule has 2 atom stereocenters. The zero-order valence-electron chi connectivity index (χ0n) is 10.4. The Labute approximate surface area is 98.6 Å². The summed E-state index contributed by atoms with van der Waals surface area (Å²) in [6, 6.07) is 0.645. The van der Waals surface area contributed by atoms with E-state index in [0.29, 0.717) is 11.9 Å². The molecule has 0 aromatic rings.